The average Bonchev–Trinajstić information content (AvgIpc) is 3.04. The highest BCUT2D eigenvalue weighted by Crippen LogP contribution is 2.33. The maximum absolute atomic E-state index is 12.5. The molecule has 0 bridgehead atoms. The molecule has 114 valence electrons. The van der Waals surface area contributed by atoms with E-state index < -0.39 is 0 Å². The summed E-state index contributed by atoms with van der Waals surface area (Å²) in [5.41, 5.74) is 1.17. The van der Waals surface area contributed by atoms with Gasteiger partial charge in [0.1, 0.15) is 0 Å². The average molecular weight is 333 g/mol. The molecule has 2 heterocycles. The molecule has 5 heteroatoms. The Morgan fingerprint density at radius 3 is 2.68 bits per heavy atom. The maximum Gasteiger partial charge on any atom is 0.233 e. The van der Waals surface area contributed by atoms with E-state index in [-0.39, 0.29) is 11.9 Å². The van der Waals surface area contributed by atoms with Gasteiger partial charge in [-0.2, -0.15) is 0 Å². The molecular weight excluding hydrogens is 316 g/mol. The number of carbonyl (C=O) groups is 1. The number of thioether (sulfide) groups is 1. The lowest BCUT2D eigenvalue weighted by molar-refractivity contribution is -0.129. The van der Waals surface area contributed by atoms with E-state index in [1.54, 1.807) is 24.2 Å². The Morgan fingerprint density at radius 1 is 1.23 bits per heavy atom. The van der Waals surface area contributed by atoms with Gasteiger partial charge in [-0.1, -0.05) is 23.7 Å². The molecule has 0 N–H and O–H groups in total. The Balaban J connectivity index is 1.65. The van der Waals surface area contributed by atoms with E-state index in [1.165, 1.54) is 5.56 Å². The van der Waals surface area contributed by atoms with E-state index in [0.29, 0.717) is 5.75 Å². The number of amides is 1. The molecule has 0 saturated carbocycles. The smallest absolute Gasteiger partial charge is 0.233 e. The highest BCUT2D eigenvalue weighted by molar-refractivity contribution is 8.00. The van der Waals surface area contributed by atoms with Crippen molar-refractivity contribution < 1.29 is 4.79 Å². The summed E-state index contributed by atoms with van der Waals surface area (Å²) in [5.74, 6) is 0.660. The third-order valence-corrected chi connectivity index (χ3v) is 5.09. The molecule has 1 saturated heterocycles. The van der Waals surface area contributed by atoms with Crippen molar-refractivity contribution >= 4 is 29.3 Å². The van der Waals surface area contributed by atoms with Crippen LogP contribution in [0.2, 0.25) is 5.02 Å². The lowest BCUT2D eigenvalue weighted by Gasteiger charge is -2.25. The van der Waals surface area contributed by atoms with Crippen LogP contribution < -0.4 is 0 Å². The van der Waals surface area contributed by atoms with Crippen molar-refractivity contribution in [2.75, 3.05) is 12.3 Å². The van der Waals surface area contributed by atoms with Crippen molar-refractivity contribution in [1.82, 2.24) is 9.88 Å². The first-order valence-corrected chi connectivity index (χ1v) is 8.68. The first kappa shape index (κ1) is 15.4. The lowest BCUT2D eigenvalue weighted by Crippen LogP contribution is -2.31. The molecule has 1 aromatic carbocycles. The van der Waals surface area contributed by atoms with Crippen LogP contribution >= 0.6 is 23.4 Å². The van der Waals surface area contributed by atoms with Gasteiger partial charge in [0.2, 0.25) is 5.91 Å². The van der Waals surface area contributed by atoms with Gasteiger partial charge in [0.05, 0.1) is 11.8 Å². The number of rotatable bonds is 4. The molecule has 1 aliphatic rings. The van der Waals surface area contributed by atoms with Gasteiger partial charge in [-0.15, -0.1) is 11.8 Å². The summed E-state index contributed by atoms with van der Waals surface area (Å²) >= 11 is 7.51. The molecule has 1 fully saturated rings. The zero-order valence-electron chi connectivity index (χ0n) is 12.1. The predicted octanol–water partition coefficient (Wildman–Crippen LogP) is 4.19. The van der Waals surface area contributed by atoms with Crippen molar-refractivity contribution in [2.24, 2.45) is 0 Å². The Hall–Kier alpha value is -1.52. The molecule has 2 aromatic rings. The molecule has 3 rings (SSSR count). The monoisotopic (exact) mass is 332 g/mol. The Kier molecular flexibility index (Phi) is 5.01. The van der Waals surface area contributed by atoms with Gasteiger partial charge in [-0.05, 0) is 42.7 Å². The van der Waals surface area contributed by atoms with E-state index in [4.69, 9.17) is 11.6 Å². The minimum absolute atomic E-state index is 0.183. The molecule has 1 aliphatic heterocycles. The second-order valence-electron chi connectivity index (χ2n) is 5.27. The summed E-state index contributed by atoms with van der Waals surface area (Å²) in [4.78, 5) is 19.6. The largest absolute Gasteiger partial charge is 0.335 e. The van der Waals surface area contributed by atoms with Gasteiger partial charge in [0.25, 0.3) is 0 Å². The lowest BCUT2D eigenvalue weighted by atomic mass is 10.0. The molecular formula is C17H17ClN2OS. The molecule has 0 aliphatic carbocycles. The fourth-order valence-electron chi connectivity index (χ4n) is 2.76. The van der Waals surface area contributed by atoms with Gasteiger partial charge in [-0.25, -0.2) is 0 Å². The zero-order chi connectivity index (χ0) is 15.4. The molecule has 0 radical (unpaired) electrons. The summed E-state index contributed by atoms with van der Waals surface area (Å²) in [5, 5.41) is 0.730. The number of pyridine rings is 1. The third-order valence-electron chi connectivity index (χ3n) is 3.84. The van der Waals surface area contributed by atoms with Gasteiger partial charge in [0.15, 0.2) is 0 Å². The normalized spacial score (nSPS) is 17.7. The van der Waals surface area contributed by atoms with E-state index in [1.807, 2.05) is 41.3 Å². The quantitative estimate of drug-likeness (QED) is 0.787. The van der Waals surface area contributed by atoms with Crippen LogP contribution in [0.5, 0.6) is 0 Å². The minimum Gasteiger partial charge on any atom is -0.335 e. The van der Waals surface area contributed by atoms with Gasteiger partial charge < -0.3 is 4.90 Å². The second kappa shape index (κ2) is 7.16. The minimum atomic E-state index is 0.183. The molecule has 22 heavy (non-hydrogen) atoms. The fourth-order valence-corrected chi connectivity index (χ4v) is 3.66. The first-order chi connectivity index (χ1) is 10.7. The van der Waals surface area contributed by atoms with E-state index >= 15 is 0 Å². The van der Waals surface area contributed by atoms with Crippen LogP contribution in [0, 0.1) is 0 Å². The van der Waals surface area contributed by atoms with Crippen LogP contribution in [0.1, 0.15) is 24.4 Å². The number of hydrogen-bond donors (Lipinski definition) is 0. The second-order valence-corrected chi connectivity index (χ2v) is 6.75. The maximum atomic E-state index is 12.5. The zero-order valence-corrected chi connectivity index (χ0v) is 13.7. The SMILES string of the molecule is O=C(CSc1ccncc1)N1CCC[C@@H]1c1ccc(Cl)cc1. The van der Waals surface area contributed by atoms with Crippen molar-refractivity contribution in [1.29, 1.82) is 0 Å². The Bertz CT molecular complexity index is 633. The van der Waals surface area contributed by atoms with Crippen LogP contribution in [-0.4, -0.2) is 28.1 Å². The molecule has 1 aromatic heterocycles. The summed E-state index contributed by atoms with van der Waals surface area (Å²) in [6.45, 7) is 0.836. The van der Waals surface area contributed by atoms with Gasteiger partial charge in [0, 0.05) is 28.9 Å². The third kappa shape index (κ3) is 3.62. The highest BCUT2D eigenvalue weighted by Gasteiger charge is 2.29. The van der Waals surface area contributed by atoms with Gasteiger partial charge >= 0.3 is 0 Å². The Morgan fingerprint density at radius 2 is 1.95 bits per heavy atom. The number of benzene rings is 1. The summed E-state index contributed by atoms with van der Waals surface area (Å²) in [6.07, 6.45) is 5.57. The summed E-state index contributed by atoms with van der Waals surface area (Å²) < 4.78 is 0. The summed E-state index contributed by atoms with van der Waals surface area (Å²) in [7, 11) is 0. The van der Waals surface area contributed by atoms with Crippen molar-refractivity contribution in [3.05, 3.63) is 59.4 Å². The number of aromatic nitrogens is 1. The molecule has 3 nitrogen and oxygen atoms in total. The van der Waals surface area contributed by atoms with Crippen molar-refractivity contribution in [3.8, 4) is 0 Å². The standard InChI is InChI=1S/C17H17ClN2OS/c18-14-5-3-13(4-6-14)16-2-1-11-20(16)17(21)12-22-15-7-9-19-10-8-15/h3-10,16H,1-2,11-12H2/t16-/m1/s1. The highest BCUT2D eigenvalue weighted by atomic mass is 35.5. The van der Waals surface area contributed by atoms with Crippen LogP contribution in [0.25, 0.3) is 0 Å². The van der Waals surface area contributed by atoms with Crippen molar-refractivity contribution in [2.45, 2.75) is 23.8 Å². The van der Waals surface area contributed by atoms with E-state index in [0.717, 1.165) is 29.3 Å². The summed E-state index contributed by atoms with van der Waals surface area (Å²) in [6, 6.07) is 11.9. The van der Waals surface area contributed by atoms with Crippen LogP contribution in [0.3, 0.4) is 0 Å². The Labute approximate surface area is 139 Å². The van der Waals surface area contributed by atoms with Crippen LogP contribution in [-0.2, 0) is 4.79 Å². The number of carbonyl (C=O) groups excluding carboxylic acids is 1. The van der Waals surface area contributed by atoms with Crippen LogP contribution in [0.4, 0.5) is 0 Å². The van der Waals surface area contributed by atoms with E-state index in [9.17, 15) is 4.79 Å². The molecule has 1 atom stereocenters. The fraction of sp³-hybridized carbons (Fsp3) is 0.294. The molecule has 0 unspecified atom stereocenters. The first-order valence-electron chi connectivity index (χ1n) is 7.32. The van der Waals surface area contributed by atoms with Crippen LogP contribution in [0.15, 0.2) is 53.7 Å². The number of nitrogens with zero attached hydrogens (tertiary/aromatic N) is 2. The van der Waals surface area contributed by atoms with Gasteiger partial charge in [-0.3, -0.25) is 9.78 Å². The molecule has 0 spiro atoms. The molecule has 1 amide bonds. The van der Waals surface area contributed by atoms with E-state index in [2.05, 4.69) is 4.98 Å². The number of likely N-dealkylation sites (tertiary alicyclic amines) is 1. The van der Waals surface area contributed by atoms with Crippen molar-refractivity contribution in [3.63, 3.8) is 0 Å². The topological polar surface area (TPSA) is 33.2 Å². The number of hydrogen-bond acceptors (Lipinski definition) is 3. The number of halogens is 1. The predicted molar refractivity (Wildman–Crippen MR) is 90.1 cm³/mol.